The number of alkyl carbamates (subject to hydrolysis) is 1. The largest absolute Gasteiger partial charge is 0.492 e. The Bertz CT molecular complexity index is 472. The van der Waals surface area contributed by atoms with Gasteiger partial charge in [0.05, 0.1) is 12.1 Å². The second kappa shape index (κ2) is 6.80. The number of rotatable bonds is 5. The van der Waals surface area contributed by atoms with Crippen LogP contribution in [0.2, 0.25) is 0 Å². The summed E-state index contributed by atoms with van der Waals surface area (Å²) in [6, 6.07) is 7.26. The molecule has 0 saturated carbocycles. The Balaban J connectivity index is 2.38. The van der Waals surface area contributed by atoms with E-state index in [0.29, 0.717) is 18.9 Å². The fourth-order valence-electron chi connectivity index (χ4n) is 1.60. The summed E-state index contributed by atoms with van der Waals surface area (Å²) in [5.41, 5.74) is -0.639. The molecule has 1 aromatic rings. The maximum Gasteiger partial charge on any atom is 0.407 e. The molecule has 0 aromatic heterocycles. The van der Waals surface area contributed by atoms with Crippen LogP contribution in [0.1, 0.15) is 40.2 Å². The smallest absolute Gasteiger partial charge is 0.407 e. The monoisotopic (exact) mass is 295 g/mol. The summed E-state index contributed by atoms with van der Waals surface area (Å²) in [5, 5.41) is 12.6. The first-order chi connectivity index (χ1) is 9.58. The fraction of sp³-hybridized carbons (Fsp3) is 0.562. The average Bonchev–Trinajstić information content (AvgIpc) is 2.32. The molecule has 0 saturated heterocycles. The van der Waals surface area contributed by atoms with E-state index in [1.165, 1.54) is 0 Å². The van der Waals surface area contributed by atoms with E-state index in [2.05, 4.69) is 5.32 Å². The van der Waals surface area contributed by atoms with Gasteiger partial charge in [-0.3, -0.25) is 0 Å². The highest BCUT2D eigenvalue weighted by atomic mass is 16.6. The Kier molecular flexibility index (Phi) is 5.61. The van der Waals surface area contributed by atoms with Crippen molar-refractivity contribution in [2.75, 3.05) is 13.2 Å². The number of nitrogens with one attached hydrogen (secondary N) is 1. The molecule has 0 unspecified atom stereocenters. The Morgan fingerprint density at radius 1 is 1.24 bits per heavy atom. The van der Waals surface area contributed by atoms with Crippen LogP contribution in [-0.2, 0) is 10.3 Å². The first-order valence-electron chi connectivity index (χ1n) is 7.00. The predicted octanol–water partition coefficient (Wildman–Crippen LogP) is 2.82. The van der Waals surface area contributed by atoms with Gasteiger partial charge in [0.2, 0.25) is 0 Å². The molecule has 0 aliphatic rings. The van der Waals surface area contributed by atoms with E-state index >= 15 is 0 Å². The van der Waals surface area contributed by atoms with Gasteiger partial charge in [0.1, 0.15) is 18.0 Å². The van der Waals surface area contributed by atoms with Crippen molar-refractivity contribution < 1.29 is 19.4 Å². The van der Waals surface area contributed by atoms with Gasteiger partial charge in [0.15, 0.2) is 0 Å². The minimum Gasteiger partial charge on any atom is -0.492 e. The normalized spacial score (nSPS) is 11.9. The number of hydrogen-bond acceptors (Lipinski definition) is 4. The second-order valence-electron chi connectivity index (χ2n) is 6.36. The van der Waals surface area contributed by atoms with Gasteiger partial charge in [0, 0.05) is 0 Å². The van der Waals surface area contributed by atoms with Crippen molar-refractivity contribution in [1.82, 2.24) is 5.32 Å². The number of carbonyl (C=O) groups is 1. The van der Waals surface area contributed by atoms with Gasteiger partial charge in [-0.2, -0.15) is 0 Å². The Morgan fingerprint density at radius 2 is 1.90 bits per heavy atom. The lowest BCUT2D eigenvalue weighted by atomic mass is 9.98. The van der Waals surface area contributed by atoms with Gasteiger partial charge < -0.3 is 19.9 Å². The average molecular weight is 295 g/mol. The zero-order chi connectivity index (χ0) is 16.1. The topological polar surface area (TPSA) is 67.8 Å². The lowest BCUT2D eigenvalue weighted by molar-refractivity contribution is 0.0520. The first kappa shape index (κ1) is 17.3. The summed E-state index contributed by atoms with van der Waals surface area (Å²) in [4.78, 5) is 11.4. The highest BCUT2D eigenvalue weighted by Gasteiger charge is 2.17. The summed E-state index contributed by atoms with van der Waals surface area (Å²) in [6.45, 7) is 9.55. The predicted molar refractivity (Wildman–Crippen MR) is 81.4 cm³/mol. The molecule has 0 aliphatic heterocycles. The summed E-state index contributed by atoms with van der Waals surface area (Å²) in [6.07, 6.45) is -0.462. The highest BCUT2D eigenvalue weighted by Crippen LogP contribution is 2.23. The highest BCUT2D eigenvalue weighted by molar-refractivity contribution is 5.67. The molecule has 118 valence electrons. The van der Waals surface area contributed by atoms with Crippen LogP contribution in [0.15, 0.2) is 24.3 Å². The SMILES string of the molecule is CC(C)(C)OC(=O)NCCOc1cccc(C(C)(C)O)c1. The molecule has 1 aromatic carbocycles. The Labute approximate surface area is 126 Å². The molecule has 0 spiro atoms. The molecule has 1 amide bonds. The minimum absolute atomic E-state index is 0.328. The molecule has 1 rings (SSSR count). The summed E-state index contributed by atoms with van der Waals surface area (Å²) in [5.74, 6) is 0.653. The van der Waals surface area contributed by atoms with Crippen LogP contribution < -0.4 is 10.1 Å². The van der Waals surface area contributed by atoms with Crippen molar-refractivity contribution in [3.8, 4) is 5.75 Å². The van der Waals surface area contributed by atoms with Crippen molar-refractivity contribution in [2.24, 2.45) is 0 Å². The van der Waals surface area contributed by atoms with Crippen LogP contribution in [0.25, 0.3) is 0 Å². The molecule has 0 atom stereocenters. The first-order valence-corrected chi connectivity index (χ1v) is 7.00. The molecule has 0 aliphatic carbocycles. The summed E-state index contributed by atoms with van der Waals surface area (Å²) in [7, 11) is 0. The van der Waals surface area contributed by atoms with Crippen LogP contribution in [-0.4, -0.2) is 30.0 Å². The molecular weight excluding hydrogens is 270 g/mol. The zero-order valence-electron chi connectivity index (χ0n) is 13.4. The van der Waals surface area contributed by atoms with Crippen LogP contribution in [0, 0.1) is 0 Å². The maximum absolute atomic E-state index is 11.4. The van der Waals surface area contributed by atoms with Crippen molar-refractivity contribution >= 4 is 6.09 Å². The standard InChI is InChI=1S/C16H25NO4/c1-15(2,3)21-14(18)17-9-10-20-13-8-6-7-12(11-13)16(4,5)19/h6-8,11,19H,9-10H2,1-5H3,(H,17,18). The van der Waals surface area contributed by atoms with Gasteiger partial charge >= 0.3 is 6.09 Å². The molecule has 0 fully saturated rings. The lowest BCUT2D eigenvalue weighted by Crippen LogP contribution is -2.34. The molecule has 5 nitrogen and oxygen atoms in total. The van der Waals surface area contributed by atoms with Gasteiger partial charge in [-0.25, -0.2) is 4.79 Å². The van der Waals surface area contributed by atoms with Gasteiger partial charge in [0.25, 0.3) is 0 Å². The quantitative estimate of drug-likeness (QED) is 0.820. The van der Waals surface area contributed by atoms with Gasteiger partial charge in [-0.05, 0) is 52.3 Å². The van der Waals surface area contributed by atoms with Crippen molar-refractivity contribution in [1.29, 1.82) is 0 Å². The molecule has 21 heavy (non-hydrogen) atoms. The van der Waals surface area contributed by atoms with Crippen molar-refractivity contribution in [3.05, 3.63) is 29.8 Å². The number of carbonyl (C=O) groups excluding carboxylic acids is 1. The lowest BCUT2D eigenvalue weighted by Gasteiger charge is -2.20. The number of ether oxygens (including phenoxy) is 2. The fourth-order valence-corrected chi connectivity index (χ4v) is 1.60. The number of aliphatic hydroxyl groups is 1. The summed E-state index contributed by atoms with van der Waals surface area (Å²) >= 11 is 0. The van der Waals surface area contributed by atoms with Gasteiger partial charge in [-0.15, -0.1) is 0 Å². The second-order valence-corrected chi connectivity index (χ2v) is 6.36. The van der Waals surface area contributed by atoms with E-state index in [9.17, 15) is 9.90 Å². The van der Waals surface area contributed by atoms with Crippen LogP contribution >= 0.6 is 0 Å². The van der Waals surface area contributed by atoms with Gasteiger partial charge in [-0.1, -0.05) is 12.1 Å². The molecule has 2 N–H and O–H groups in total. The third-order valence-corrected chi connectivity index (χ3v) is 2.58. The van der Waals surface area contributed by atoms with E-state index in [4.69, 9.17) is 9.47 Å². The van der Waals surface area contributed by atoms with E-state index < -0.39 is 17.3 Å². The molecule has 0 bridgehead atoms. The Hall–Kier alpha value is -1.75. The van der Waals surface area contributed by atoms with E-state index in [1.807, 2.05) is 39.0 Å². The van der Waals surface area contributed by atoms with E-state index in [-0.39, 0.29) is 0 Å². The van der Waals surface area contributed by atoms with Crippen LogP contribution in [0.3, 0.4) is 0 Å². The maximum atomic E-state index is 11.4. The zero-order valence-corrected chi connectivity index (χ0v) is 13.4. The van der Waals surface area contributed by atoms with Crippen molar-refractivity contribution in [2.45, 2.75) is 45.8 Å². The third-order valence-electron chi connectivity index (χ3n) is 2.58. The number of benzene rings is 1. The minimum atomic E-state index is -0.909. The molecule has 0 heterocycles. The summed E-state index contributed by atoms with van der Waals surface area (Å²) < 4.78 is 10.7. The Morgan fingerprint density at radius 3 is 2.48 bits per heavy atom. The molecular formula is C16H25NO4. The molecule has 5 heteroatoms. The molecule has 0 radical (unpaired) electrons. The number of hydrogen-bond donors (Lipinski definition) is 2. The van der Waals surface area contributed by atoms with E-state index in [1.54, 1.807) is 19.9 Å². The third kappa shape index (κ3) is 6.99. The number of amides is 1. The van der Waals surface area contributed by atoms with Crippen LogP contribution in [0.4, 0.5) is 4.79 Å². The van der Waals surface area contributed by atoms with Crippen LogP contribution in [0.5, 0.6) is 5.75 Å². The van der Waals surface area contributed by atoms with E-state index in [0.717, 1.165) is 5.56 Å². The van der Waals surface area contributed by atoms with Crippen molar-refractivity contribution in [3.63, 3.8) is 0 Å².